The van der Waals surface area contributed by atoms with Crippen molar-refractivity contribution in [2.75, 3.05) is 6.61 Å². The molecule has 0 aromatic carbocycles. The third-order valence-electron chi connectivity index (χ3n) is 3.69. The molecule has 0 saturated carbocycles. The topological polar surface area (TPSA) is 78.9 Å². The second-order valence-corrected chi connectivity index (χ2v) is 8.13. The van der Waals surface area contributed by atoms with E-state index in [0.29, 0.717) is 6.92 Å². The van der Waals surface area contributed by atoms with E-state index in [2.05, 4.69) is 9.47 Å². The Balaban J connectivity index is 4.97. The predicted molar refractivity (Wildman–Crippen MR) is 90.9 cm³/mol. The molecule has 164 valence electrons. The molecule has 0 heterocycles. The highest BCUT2D eigenvalue weighted by molar-refractivity contribution is 5.83. The quantitative estimate of drug-likeness (QED) is 0.339. The maximum absolute atomic E-state index is 15.1. The van der Waals surface area contributed by atoms with Crippen LogP contribution in [0.3, 0.4) is 0 Å². The Kier molecular flexibility index (Phi) is 8.48. The van der Waals surface area contributed by atoms with Crippen LogP contribution in [-0.2, 0) is 28.6 Å². The highest BCUT2D eigenvalue weighted by Crippen LogP contribution is 2.36. The third kappa shape index (κ3) is 8.43. The van der Waals surface area contributed by atoms with Crippen molar-refractivity contribution in [1.82, 2.24) is 0 Å². The third-order valence-corrected chi connectivity index (χ3v) is 3.69. The van der Waals surface area contributed by atoms with Crippen LogP contribution in [0.25, 0.3) is 0 Å². The number of rotatable bonds is 8. The maximum Gasteiger partial charge on any atom is 0.425 e. The average molecular weight is 416 g/mol. The molecule has 0 N–H and O–H groups in total. The van der Waals surface area contributed by atoms with Gasteiger partial charge in [0.2, 0.25) is 5.67 Å². The minimum Gasteiger partial charge on any atom is -0.458 e. The van der Waals surface area contributed by atoms with Gasteiger partial charge in [0.15, 0.2) is 12.7 Å². The van der Waals surface area contributed by atoms with Crippen molar-refractivity contribution in [3.05, 3.63) is 0 Å². The first-order valence-corrected chi connectivity index (χ1v) is 8.70. The van der Waals surface area contributed by atoms with E-state index in [1.807, 2.05) is 0 Å². The van der Waals surface area contributed by atoms with E-state index in [0.717, 1.165) is 0 Å². The van der Waals surface area contributed by atoms with E-state index < -0.39 is 59.9 Å². The molecule has 0 bridgehead atoms. The maximum atomic E-state index is 15.1. The van der Waals surface area contributed by atoms with E-state index in [9.17, 15) is 27.6 Å². The van der Waals surface area contributed by atoms with Crippen molar-refractivity contribution in [2.24, 2.45) is 5.41 Å². The van der Waals surface area contributed by atoms with Gasteiger partial charge in [-0.15, -0.1) is 0 Å². The number of carbonyl (C=O) groups excluding carboxylic acids is 3. The largest absolute Gasteiger partial charge is 0.458 e. The molecule has 0 rings (SSSR count). The van der Waals surface area contributed by atoms with Gasteiger partial charge in [0, 0.05) is 6.42 Å². The van der Waals surface area contributed by atoms with Crippen LogP contribution in [0.4, 0.5) is 17.6 Å². The summed E-state index contributed by atoms with van der Waals surface area (Å²) in [6, 6.07) is 0. The molecule has 2 unspecified atom stereocenters. The molecule has 0 amide bonds. The SMILES string of the molecule is CCC(F)(CC(C)(C)C(=O)OCC(=O)OC(C)C(F)(F)F)C(=O)OC(C)(C)C. The van der Waals surface area contributed by atoms with Crippen LogP contribution in [0.1, 0.15) is 61.3 Å². The van der Waals surface area contributed by atoms with Gasteiger partial charge in [-0.2, -0.15) is 13.2 Å². The van der Waals surface area contributed by atoms with Gasteiger partial charge in [-0.1, -0.05) is 6.92 Å². The summed E-state index contributed by atoms with van der Waals surface area (Å²) in [6.45, 7) is 8.22. The summed E-state index contributed by atoms with van der Waals surface area (Å²) in [5.41, 5.74) is -4.98. The summed E-state index contributed by atoms with van der Waals surface area (Å²) in [4.78, 5) is 35.7. The first-order chi connectivity index (χ1) is 12.3. The standard InChI is InChI=1S/C18H28F4O6/c1-8-17(19,14(25)28-15(3,4)5)10-16(6,7)13(24)26-9-12(23)27-11(2)18(20,21)22/h11H,8-10H2,1-7H3. The lowest BCUT2D eigenvalue weighted by atomic mass is 9.80. The molecule has 0 radical (unpaired) electrons. The fraction of sp³-hybridized carbons (Fsp3) is 0.833. The number of ether oxygens (including phenoxy) is 3. The number of alkyl halides is 4. The van der Waals surface area contributed by atoms with Gasteiger partial charge >= 0.3 is 24.1 Å². The Morgan fingerprint density at radius 1 is 0.929 bits per heavy atom. The Morgan fingerprint density at radius 2 is 1.43 bits per heavy atom. The van der Waals surface area contributed by atoms with Crippen LogP contribution in [0.5, 0.6) is 0 Å². The van der Waals surface area contributed by atoms with E-state index in [4.69, 9.17) is 4.74 Å². The number of halogens is 4. The predicted octanol–water partition coefficient (Wildman–Crippen LogP) is 3.90. The molecule has 0 aliphatic rings. The second-order valence-electron chi connectivity index (χ2n) is 8.13. The van der Waals surface area contributed by atoms with Gasteiger partial charge in [-0.25, -0.2) is 14.0 Å². The van der Waals surface area contributed by atoms with Crippen molar-refractivity contribution in [2.45, 2.75) is 84.9 Å². The smallest absolute Gasteiger partial charge is 0.425 e. The first kappa shape index (κ1) is 26.1. The van der Waals surface area contributed by atoms with Crippen LogP contribution in [-0.4, -0.2) is 48.1 Å². The molecule has 0 spiro atoms. The zero-order chi connectivity index (χ0) is 22.6. The molecule has 0 aromatic rings. The second kappa shape index (κ2) is 9.09. The average Bonchev–Trinajstić information content (AvgIpc) is 2.49. The van der Waals surface area contributed by atoms with Crippen molar-refractivity contribution < 1.29 is 46.2 Å². The minimum absolute atomic E-state index is 0.274. The van der Waals surface area contributed by atoms with Gasteiger partial charge < -0.3 is 14.2 Å². The van der Waals surface area contributed by atoms with Crippen LogP contribution < -0.4 is 0 Å². The first-order valence-electron chi connectivity index (χ1n) is 8.70. The fourth-order valence-corrected chi connectivity index (χ4v) is 2.10. The highest BCUT2D eigenvalue weighted by Gasteiger charge is 2.48. The number of carbonyl (C=O) groups is 3. The van der Waals surface area contributed by atoms with Crippen molar-refractivity contribution >= 4 is 17.9 Å². The monoisotopic (exact) mass is 416 g/mol. The lowest BCUT2D eigenvalue weighted by Gasteiger charge is -2.32. The summed E-state index contributed by atoms with van der Waals surface area (Å²) in [6.07, 6.45) is -7.99. The van der Waals surface area contributed by atoms with E-state index in [1.54, 1.807) is 20.8 Å². The normalized spacial score (nSPS) is 16.0. The molecular weight excluding hydrogens is 388 g/mol. The summed E-state index contributed by atoms with van der Waals surface area (Å²) < 4.78 is 65.9. The Bertz CT molecular complexity index is 580. The van der Waals surface area contributed by atoms with Gasteiger partial charge in [0.25, 0.3) is 0 Å². The van der Waals surface area contributed by atoms with Crippen LogP contribution in [0, 0.1) is 5.41 Å². The number of hydrogen-bond donors (Lipinski definition) is 0. The molecule has 28 heavy (non-hydrogen) atoms. The van der Waals surface area contributed by atoms with Gasteiger partial charge in [-0.05, 0) is 48.0 Å². The Labute approximate surface area is 161 Å². The van der Waals surface area contributed by atoms with E-state index >= 15 is 4.39 Å². The molecule has 6 nitrogen and oxygen atoms in total. The van der Waals surface area contributed by atoms with E-state index in [-0.39, 0.29) is 6.42 Å². The zero-order valence-corrected chi connectivity index (χ0v) is 17.2. The lowest BCUT2D eigenvalue weighted by molar-refractivity contribution is -0.218. The fourth-order valence-electron chi connectivity index (χ4n) is 2.10. The van der Waals surface area contributed by atoms with Crippen molar-refractivity contribution in [1.29, 1.82) is 0 Å². The number of hydrogen-bond acceptors (Lipinski definition) is 6. The molecule has 10 heteroatoms. The summed E-state index contributed by atoms with van der Waals surface area (Å²) >= 11 is 0. The van der Waals surface area contributed by atoms with Crippen LogP contribution >= 0.6 is 0 Å². The van der Waals surface area contributed by atoms with E-state index in [1.165, 1.54) is 20.8 Å². The summed E-state index contributed by atoms with van der Waals surface area (Å²) in [7, 11) is 0. The molecule has 0 saturated heterocycles. The van der Waals surface area contributed by atoms with Crippen LogP contribution in [0.2, 0.25) is 0 Å². The Morgan fingerprint density at radius 3 is 1.82 bits per heavy atom. The Hall–Kier alpha value is -1.87. The number of esters is 3. The summed E-state index contributed by atoms with van der Waals surface area (Å²) in [5, 5.41) is 0. The van der Waals surface area contributed by atoms with Gasteiger partial charge in [0.1, 0.15) is 5.60 Å². The molecule has 0 fully saturated rings. The lowest BCUT2D eigenvalue weighted by Crippen LogP contribution is -2.45. The highest BCUT2D eigenvalue weighted by atomic mass is 19.4. The molecule has 0 aliphatic heterocycles. The molecule has 0 aliphatic carbocycles. The van der Waals surface area contributed by atoms with Crippen molar-refractivity contribution in [3.63, 3.8) is 0 Å². The summed E-state index contributed by atoms with van der Waals surface area (Å²) in [5.74, 6) is -3.60. The van der Waals surface area contributed by atoms with Crippen molar-refractivity contribution in [3.8, 4) is 0 Å². The minimum atomic E-state index is -4.75. The zero-order valence-electron chi connectivity index (χ0n) is 17.2. The molecule has 0 aromatic heterocycles. The van der Waals surface area contributed by atoms with Gasteiger partial charge in [-0.3, -0.25) is 4.79 Å². The van der Waals surface area contributed by atoms with Gasteiger partial charge in [0.05, 0.1) is 5.41 Å². The molecule has 2 atom stereocenters. The molecular formula is C18H28F4O6. The van der Waals surface area contributed by atoms with Crippen LogP contribution in [0.15, 0.2) is 0 Å².